The lowest BCUT2D eigenvalue weighted by molar-refractivity contribution is -0.145. The Labute approximate surface area is 305 Å². The normalized spacial score (nSPS) is 23.9. The van der Waals surface area contributed by atoms with Gasteiger partial charge < -0.3 is 40.3 Å². The number of hydrogen-bond donors (Lipinski definition) is 4. The number of hydrogen-bond acceptors (Lipinski definition) is 9. The molecule has 5 rings (SSSR count). The zero-order valence-electron chi connectivity index (χ0n) is 30.7. The zero-order chi connectivity index (χ0) is 37.1. The van der Waals surface area contributed by atoms with Crippen molar-refractivity contribution in [2.24, 2.45) is 22.4 Å². The molecule has 1 aromatic carbocycles. The van der Waals surface area contributed by atoms with Gasteiger partial charge in [0, 0.05) is 37.9 Å². The van der Waals surface area contributed by atoms with E-state index in [0.717, 1.165) is 38.5 Å². The number of benzene rings is 1. The molecule has 2 aliphatic heterocycles. The quantitative estimate of drug-likeness (QED) is 0.238. The Morgan fingerprint density at radius 3 is 2.33 bits per heavy atom. The number of likely N-dealkylation sites (N-methyl/N-ethyl adjacent to an activating group) is 1. The fraction of sp³-hybridized carbons (Fsp3) is 0.703. The summed E-state index contributed by atoms with van der Waals surface area (Å²) in [6.45, 7) is 5.67. The highest BCUT2D eigenvalue weighted by Crippen LogP contribution is 2.43. The Bertz CT molecular complexity index is 1500. The highest BCUT2D eigenvalue weighted by molar-refractivity contribution is 6.32. The molecule has 2 heterocycles. The Kier molecular flexibility index (Phi) is 12.1. The Balaban J connectivity index is 1.43. The molecule has 14 heteroatoms. The summed E-state index contributed by atoms with van der Waals surface area (Å²) in [5.74, 6) is -0.253. The number of likely N-dealkylation sites (tertiary alicyclic amines) is 1. The first-order valence-electron chi connectivity index (χ1n) is 18.2. The van der Waals surface area contributed by atoms with Crippen molar-refractivity contribution in [2.75, 3.05) is 27.8 Å². The number of rotatable bonds is 13. The van der Waals surface area contributed by atoms with Crippen molar-refractivity contribution in [2.45, 2.75) is 121 Å². The number of methoxy groups -OCH3 is 2. The molecule has 5 atom stereocenters. The van der Waals surface area contributed by atoms with Gasteiger partial charge in [0.1, 0.15) is 23.6 Å². The third kappa shape index (κ3) is 9.08. The lowest BCUT2D eigenvalue weighted by atomic mass is 9.84. The maximum atomic E-state index is 14.7. The predicted molar refractivity (Wildman–Crippen MR) is 192 cm³/mol. The molecule has 13 nitrogen and oxygen atoms in total. The molecule has 4 N–H and O–H groups in total. The number of nitrogens with zero attached hydrogens (tertiary/aromatic N) is 2. The molecule has 1 saturated heterocycles. The summed E-state index contributed by atoms with van der Waals surface area (Å²) in [5.41, 5.74) is -0.651. The van der Waals surface area contributed by atoms with Crippen LogP contribution >= 0.6 is 11.6 Å². The van der Waals surface area contributed by atoms with Crippen molar-refractivity contribution in [3.05, 3.63) is 22.7 Å². The molecule has 4 amide bonds. The lowest BCUT2D eigenvalue weighted by Gasteiger charge is -2.36. The number of amides is 4. The van der Waals surface area contributed by atoms with Crippen molar-refractivity contribution in [3.63, 3.8) is 0 Å². The van der Waals surface area contributed by atoms with E-state index in [1.54, 1.807) is 12.1 Å². The van der Waals surface area contributed by atoms with Gasteiger partial charge in [-0.2, -0.15) is 0 Å². The molecule has 1 aromatic rings. The average molecular weight is 732 g/mol. The van der Waals surface area contributed by atoms with Gasteiger partial charge in [-0.25, -0.2) is 0 Å². The fourth-order valence-corrected chi connectivity index (χ4v) is 7.88. The van der Waals surface area contributed by atoms with Crippen LogP contribution in [0.15, 0.2) is 17.3 Å². The second-order valence-electron chi connectivity index (χ2n) is 15.8. The molecule has 51 heavy (non-hydrogen) atoms. The Morgan fingerprint density at radius 1 is 1.04 bits per heavy atom. The number of aliphatic hydroxyl groups is 1. The molecule has 3 fully saturated rings. The number of nitrogens with one attached hydrogen (secondary N) is 3. The first-order valence-corrected chi connectivity index (χ1v) is 18.5. The maximum Gasteiger partial charge on any atom is 0.250 e. The molecular formula is C37H54ClN5O8. The van der Waals surface area contributed by atoms with Crippen LogP contribution in [0.5, 0.6) is 11.5 Å². The van der Waals surface area contributed by atoms with Crippen LogP contribution in [0.2, 0.25) is 5.02 Å². The second kappa shape index (κ2) is 16.0. The minimum absolute atomic E-state index is 0.0134. The van der Waals surface area contributed by atoms with Crippen LogP contribution in [0.1, 0.15) is 97.0 Å². The molecule has 0 radical (unpaired) electrons. The smallest absolute Gasteiger partial charge is 0.250 e. The minimum atomic E-state index is -1.47. The Hall–Kier alpha value is -3.58. The van der Waals surface area contributed by atoms with Crippen molar-refractivity contribution in [3.8, 4) is 11.5 Å². The first kappa shape index (κ1) is 38.6. The highest BCUT2D eigenvalue weighted by Gasteiger charge is 2.56. The van der Waals surface area contributed by atoms with Gasteiger partial charge in [0.2, 0.25) is 17.7 Å². The van der Waals surface area contributed by atoms with Gasteiger partial charge in [-0.3, -0.25) is 19.2 Å². The topological polar surface area (TPSA) is 168 Å². The SMILES string of the molecule is CNC(=O)C(O)[C@H](CC1CC1)NC(=O)[C@@H]1C[C@]2(CC(c3cc(Cl)c(OC)cc3OC)=NO2)CN1C(=O)[C@@H](NC(=O)CC1CCCCC1)C(C)(C)C. The summed E-state index contributed by atoms with van der Waals surface area (Å²) in [4.78, 5) is 62.5. The van der Waals surface area contributed by atoms with Gasteiger partial charge >= 0.3 is 0 Å². The number of carbonyl (C=O) groups is 4. The predicted octanol–water partition coefficient (Wildman–Crippen LogP) is 3.71. The Morgan fingerprint density at radius 2 is 1.73 bits per heavy atom. The van der Waals surface area contributed by atoms with E-state index in [1.807, 2.05) is 20.8 Å². The lowest BCUT2D eigenvalue weighted by Crippen LogP contribution is -2.59. The van der Waals surface area contributed by atoms with Crippen molar-refractivity contribution < 1.29 is 38.6 Å². The van der Waals surface area contributed by atoms with E-state index in [9.17, 15) is 24.3 Å². The van der Waals surface area contributed by atoms with Crippen molar-refractivity contribution in [1.29, 1.82) is 0 Å². The molecule has 2 saturated carbocycles. The number of ether oxygens (including phenoxy) is 2. The third-order valence-corrected chi connectivity index (χ3v) is 11.0. The standard InChI is InChI=1S/C37H54ClN5O8/c1-36(2,3)32(41-30(44)15-21-10-8-7-9-11-21)35(48)43-20-37(18-26(42-51-37)23-16-24(38)29(50-6)17-28(23)49-5)19-27(43)33(46)40-25(14-22-12-13-22)31(45)34(47)39-4/h16-17,21-22,25,27,31-32,45H,7-15,18-20H2,1-6H3,(H,39,47)(H,40,46)(H,41,44)/t25-,27-,31?,32+,37+/m0/s1. The summed E-state index contributed by atoms with van der Waals surface area (Å²) < 4.78 is 11.0. The second-order valence-corrected chi connectivity index (χ2v) is 16.2. The maximum absolute atomic E-state index is 14.7. The van der Waals surface area contributed by atoms with Crippen LogP contribution < -0.4 is 25.4 Å². The molecule has 1 unspecified atom stereocenters. The average Bonchev–Trinajstić information content (AvgIpc) is 3.71. The van der Waals surface area contributed by atoms with Crippen molar-refractivity contribution in [1.82, 2.24) is 20.9 Å². The molecule has 1 spiro atoms. The van der Waals surface area contributed by atoms with Crippen LogP contribution in [-0.4, -0.2) is 97.0 Å². The van der Waals surface area contributed by atoms with Crippen LogP contribution in [0, 0.1) is 17.3 Å². The van der Waals surface area contributed by atoms with Crippen LogP contribution in [0.4, 0.5) is 0 Å². The van der Waals surface area contributed by atoms with Gasteiger partial charge in [-0.15, -0.1) is 0 Å². The third-order valence-electron chi connectivity index (χ3n) is 10.7. The van der Waals surface area contributed by atoms with Gasteiger partial charge in [-0.1, -0.05) is 69.6 Å². The summed E-state index contributed by atoms with van der Waals surface area (Å²) >= 11 is 6.48. The molecule has 4 aliphatic rings. The highest BCUT2D eigenvalue weighted by atomic mass is 35.5. The monoisotopic (exact) mass is 731 g/mol. The van der Waals surface area contributed by atoms with E-state index in [1.165, 1.54) is 32.6 Å². The summed E-state index contributed by atoms with van der Waals surface area (Å²) in [5, 5.41) is 24.1. The van der Waals surface area contributed by atoms with E-state index in [-0.39, 0.29) is 37.1 Å². The van der Waals surface area contributed by atoms with Crippen LogP contribution in [-0.2, 0) is 24.0 Å². The number of oxime groups is 1. The number of carbonyl (C=O) groups excluding carboxylic acids is 4. The number of aliphatic hydroxyl groups excluding tert-OH is 1. The molecule has 2 aliphatic carbocycles. The van der Waals surface area contributed by atoms with Crippen LogP contribution in [0.3, 0.4) is 0 Å². The first-order chi connectivity index (χ1) is 24.2. The fourth-order valence-electron chi connectivity index (χ4n) is 7.64. The molecule has 282 valence electrons. The van der Waals surface area contributed by atoms with E-state index < -0.39 is 53.0 Å². The number of halogens is 1. The van der Waals surface area contributed by atoms with E-state index in [2.05, 4.69) is 21.1 Å². The molecular weight excluding hydrogens is 678 g/mol. The minimum Gasteiger partial charge on any atom is -0.496 e. The summed E-state index contributed by atoms with van der Waals surface area (Å²) in [6, 6.07) is 0.525. The van der Waals surface area contributed by atoms with E-state index in [4.69, 9.17) is 25.9 Å². The molecule has 0 bridgehead atoms. The summed E-state index contributed by atoms with van der Waals surface area (Å²) in [7, 11) is 4.46. The van der Waals surface area contributed by atoms with Crippen LogP contribution in [0.25, 0.3) is 0 Å². The van der Waals surface area contributed by atoms with E-state index in [0.29, 0.717) is 40.6 Å². The zero-order valence-corrected chi connectivity index (χ0v) is 31.4. The molecule has 0 aromatic heterocycles. The van der Waals surface area contributed by atoms with Gasteiger partial charge in [-0.05, 0) is 42.6 Å². The van der Waals surface area contributed by atoms with Gasteiger partial charge in [0.25, 0.3) is 5.91 Å². The van der Waals surface area contributed by atoms with Crippen molar-refractivity contribution >= 4 is 40.9 Å². The van der Waals surface area contributed by atoms with Gasteiger partial charge in [0.05, 0.1) is 37.5 Å². The van der Waals surface area contributed by atoms with Gasteiger partial charge in [0.15, 0.2) is 11.7 Å². The summed E-state index contributed by atoms with van der Waals surface area (Å²) in [6.07, 6.45) is 6.88. The largest absolute Gasteiger partial charge is 0.496 e. The van der Waals surface area contributed by atoms with E-state index >= 15 is 0 Å².